The third-order valence-corrected chi connectivity index (χ3v) is 0.667. The number of rotatable bonds is 0. The molecule has 0 heterocycles. The lowest BCUT2D eigenvalue weighted by molar-refractivity contribution is 1.14. The first kappa shape index (κ1) is 13.7. The molecule has 0 aromatic heterocycles. The SMILES string of the molecule is CCN.CCN.c1ccccc1. The van der Waals surface area contributed by atoms with E-state index < -0.39 is 0 Å². The van der Waals surface area contributed by atoms with Crippen LogP contribution in [0.1, 0.15) is 13.8 Å². The van der Waals surface area contributed by atoms with Crippen LogP contribution in [0.3, 0.4) is 0 Å². The zero-order chi connectivity index (χ0) is 9.66. The first-order valence-corrected chi connectivity index (χ1v) is 4.23. The maximum atomic E-state index is 4.85. The number of nitrogens with two attached hydrogens (primary N) is 2. The van der Waals surface area contributed by atoms with Crippen LogP contribution in [0, 0.1) is 0 Å². The summed E-state index contributed by atoms with van der Waals surface area (Å²) in [7, 11) is 0. The summed E-state index contributed by atoms with van der Waals surface area (Å²) in [5.74, 6) is 0. The third kappa shape index (κ3) is 22.9. The van der Waals surface area contributed by atoms with Crippen LogP contribution in [0.5, 0.6) is 0 Å². The van der Waals surface area contributed by atoms with E-state index in [0.29, 0.717) is 0 Å². The molecule has 1 rings (SSSR count). The molecule has 0 bridgehead atoms. The highest BCUT2D eigenvalue weighted by atomic mass is 14.5. The number of hydrogen-bond donors (Lipinski definition) is 2. The molecule has 70 valence electrons. The van der Waals surface area contributed by atoms with Gasteiger partial charge in [-0.1, -0.05) is 50.2 Å². The van der Waals surface area contributed by atoms with E-state index in [2.05, 4.69) is 0 Å². The average molecular weight is 168 g/mol. The lowest BCUT2D eigenvalue weighted by Gasteiger charge is -1.69. The molecule has 12 heavy (non-hydrogen) atoms. The summed E-state index contributed by atoms with van der Waals surface area (Å²) in [5, 5.41) is 0. The highest BCUT2D eigenvalue weighted by Crippen LogP contribution is 1.79. The minimum absolute atomic E-state index is 0.750. The average Bonchev–Trinajstić information content (AvgIpc) is 2.10. The minimum atomic E-state index is 0.750. The Morgan fingerprint density at radius 3 is 0.833 bits per heavy atom. The second kappa shape index (κ2) is 16.6. The van der Waals surface area contributed by atoms with Gasteiger partial charge in [0.25, 0.3) is 0 Å². The fraction of sp³-hybridized carbons (Fsp3) is 0.400. The van der Waals surface area contributed by atoms with Crippen molar-refractivity contribution in [3.63, 3.8) is 0 Å². The van der Waals surface area contributed by atoms with Gasteiger partial charge in [0.15, 0.2) is 0 Å². The summed E-state index contributed by atoms with van der Waals surface area (Å²) in [6.45, 7) is 5.31. The molecule has 0 atom stereocenters. The molecule has 2 heteroatoms. The standard InChI is InChI=1S/C6H6.2C2H7N/c1-2-4-6-5-3-1;2*1-2-3/h1-6H;2*2-3H2,1H3. The molecule has 0 aliphatic rings. The van der Waals surface area contributed by atoms with Gasteiger partial charge in [0.2, 0.25) is 0 Å². The van der Waals surface area contributed by atoms with Crippen molar-refractivity contribution in [2.45, 2.75) is 13.8 Å². The lowest BCUT2D eigenvalue weighted by atomic mass is 10.4. The zero-order valence-electron chi connectivity index (χ0n) is 8.03. The second-order valence-corrected chi connectivity index (χ2v) is 1.97. The zero-order valence-corrected chi connectivity index (χ0v) is 8.03. The van der Waals surface area contributed by atoms with Crippen LogP contribution < -0.4 is 11.5 Å². The Morgan fingerprint density at radius 1 is 0.667 bits per heavy atom. The molecule has 4 N–H and O–H groups in total. The Balaban J connectivity index is 0. The van der Waals surface area contributed by atoms with Crippen molar-refractivity contribution in [1.82, 2.24) is 0 Å². The van der Waals surface area contributed by atoms with Gasteiger partial charge < -0.3 is 11.5 Å². The van der Waals surface area contributed by atoms with E-state index in [-0.39, 0.29) is 0 Å². The summed E-state index contributed by atoms with van der Waals surface area (Å²) < 4.78 is 0. The maximum absolute atomic E-state index is 4.85. The van der Waals surface area contributed by atoms with Gasteiger partial charge in [-0.3, -0.25) is 0 Å². The summed E-state index contributed by atoms with van der Waals surface area (Å²) in [6.07, 6.45) is 0. The van der Waals surface area contributed by atoms with Gasteiger partial charge in [-0.25, -0.2) is 0 Å². The van der Waals surface area contributed by atoms with Crippen molar-refractivity contribution in [1.29, 1.82) is 0 Å². The lowest BCUT2D eigenvalue weighted by Crippen LogP contribution is -1.87. The smallest absolute Gasteiger partial charge is 0.0106 e. The highest BCUT2D eigenvalue weighted by molar-refractivity contribution is 4.99. The van der Waals surface area contributed by atoms with Gasteiger partial charge in [0, 0.05) is 0 Å². The van der Waals surface area contributed by atoms with Crippen molar-refractivity contribution >= 4 is 0 Å². The molecule has 0 saturated heterocycles. The predicted molar refractivity (Wildman–Crippen MR) is 55.9 cm³/mol. The highest BCUT2D eigenvalue weighted by Gasteiger charge is 1.57. The summed E-state index contributed by atoms with van der Waals surface area (Å²) >= 11 is 0. The Hall–Kier alpha value is -0.860. The van der Waals surface area contributed by atoms with Gasteiger partial charge in [-0.15, -0.1) is 0 Å². The Bertz CT molecular complexity index is 99.8. The van der Waals surface area contributed by atoms with Gasteiger partial charge in [-0.2, -0.15) is 0 Å². The predicted octanol–water partition coefficient (Wildman–Crippen LogP) is 1.62. The van der Waals surface area contributed by atoms with E-state index in [4.69, 9.17) is 11.5 Å². The maximum Gasteiger partial charge on any atom is -0.0106 e. The molecular weight excluding hydrogens is 148 g/mol. The van der Waals surface area contributed by atoms with Crippen LogP contribution in [0.4, 0.5) is 0 Å². The normalized spacial score (nSPS) is 7.00. The van der Waals surface area contributed by atoms with E-state index in [1.165, 1.54) is 0 Å². The minimum Gasteiger partial charge on any atom is -0.331 e. The summed E-state index contributed by atoms with van der Waals surface area (Å²) in [4.78, 5) is 0. The summed E-state index contributed by atoms with van der Waals surface area (Å²) in [5.41, 5.74) is 9.69. The van der Waals surface area contributed by atoms with Crippen LogP contribution in [0.25, 0.3) is 0 Å². The molecule has 1 aromatic carbocycles. The second-order valence-electron chi connectivity index (χ2n) is 1.97. The van der Waals surface area contributed by atoms with E-state index in [0.717, 1.165) is 13.1 Å². The quantitative estimate of drug-likeness (QED) is 0.618. The van der Waals surface area contributed by atoms with Crippen molar-refractivity contribution in [3.05, 3.63) is 36.4 Å². The molecule has 0 spiro atoms. The number of hydrogen-bond acceptors (Lipinski definition) is 2. The summed E-state index contributed by atoms with van der Waals surface area (Å²) in [6, 6.07) is 12.0. The van der Waals surface area contributed by atoms with Crippen molar-refractivity contribution in [2.24, 2.45) is 11.5 Å². The first-order chi connectivity index (χ1) is 5.83. The van der Waals surface area contributed by atoms with Crippen molar-refractivity contribution in [2.75, 3.05) is 13.1 Å². The van der Waals surface area contributed by atoms with Gasteiger partial charge >= 0.3 is 0 Å². The van der Waals surface area contributed by atoms with E-state index in [9.17, 15) is 0 Å². The first-order valence-electron chi connectivity index (χ1n) is 4.23. The van der Waals surface area contributed by atoms with Gasteiger partial charge in [0.1, 0.15) is 0 Å². The molecule has 0 saturated carbocycles. The van der Waals surface area contributed by atoms with Crippen molar-refractivity contribution < 1.29 is 0 Å². The molecule has 0 radical (unpaired) electrons. The van der Waals surface area contributed by atoms with Crippen LogP contribution >= 0.6 is 0 Å². The van der Waals surface area contributed by atoms with Crippen LogP contribution in [-0.4, -0.2) is 13.1 Å². The van der Waals surface area contributed by atoms with Gasteiger partial charge in [0.05, 0.1) is 0 Å². The van der Waals surface area contributed by atoms with Crippen LogP contribution in [-0.2, 0) is 0 Å². The fourth-order valence-electron chi connectivity index (χ4n) is 0.385. The molecule has 0 fully saturated rings. The van der Waals surface area contributed by atoms with E-state index >= 15 is 0 Å². The molecular formula is C10H20N2. The van der Waals surface area contributed by atoms with Gasteiger partial charge in [-0.05, 0) is 13.1 Å². The fourth-order valence-corrected chi connectivity index (χ4v) is 0.385. The largest absolute Gasteiger partial charge is 0.331 e. The van der Waals surface area contributed by atoms with Crippen LogP contribution in [0.2, 0.25) is 0 Å². The molecule has 0 unspecified atom stereocenters. The Labute approximate surface area is 75.6 Å². The number of benzene rings is 1. The Kier molecular flexibility index (Phi) is 19.0. The molecule has 0 amide bonds. The molecule has 1 aromatic rings. The molecule has 0 aliphatic carbocycles. The molecule has 0 aliphatic heterocycles. The topological polar surface area (TPSA) is 52.0 Å². The monoisotopic (exact) mass is 168 g/mol. The Morgan fingerprint density at radius 2 is 0.750 bits per heavy atom. The van der Waals surface area contributed by atoms with E-state index in [1.807, 2.05) is 50.2 Å². The van der Waals surface area contributed by atoms with Crippen LogP contribution in [0.15, 0.2) is 36.4 Å². The molecule has 2 nitrogen and oxygen atoms in total. The third-order valence-electron chi connectivity index (χ3n) is 0.667. The van der Waals surface area contributed by atoms with E-state index in [1.54, 1.807) is 0 Å². The van der Waals surface area contributed by atoms with Crippen molar-refractivity contribution in [3.8, 4) is 0 Å².